The average Bonchev–Trinajstić information content (AvgIpc) is 2.91. The maximum absolute atomic E-state index is 11.7. The molecule has 1 saturated heterocycles. The van der Waals surface area contributed by atoms with Gasteiger partial charge in [0.2, 0.25) is 5.95 Å². The van der Waals surface area contributed by atoms with Gasteiger partial charge in [-0.05, 0) is 24.6 Å². The molecule has 9 heteroatoms. The van der Waals surface area contributed by atoms with Gasteiger partial charge in [-0.15, -0.1) is 0 Å². The Bertz CT molecular complexity index is 860. The zero-order valence-corrected chi connectivity index (χ0v) is 15.2. The molecule has 128 valence electrons. The van der Waals surface area contributed by atoms with Gasteiger partial charge in [-0.3, -0.25) is 0 Å². The molecule has 1 aliphatic rings. The van der Waals surface area contributed by atoms with Gasteiger partial charge in [0.1, 0.15) is 5.82 Å². The summed E-state index contributed by atoms with van der Waals surface area (Å²) in [6, 6.07) is 6.91. The number of anilines is 3. The Morgan fingerprint density at radius 3 is 2.79 bits per heavy atom. The minimum atomic E-state index is -2.95. The van der Waals surface area contributed by atoms with E-state index in [1.807, 2.05) is 11.9 Å². The Kier molecular flexibility index (Phi) is 4.85. The molecule has 6 nitrogen and oxygen atoms in total. The standard InChI is InChI=1S/C15H16Cl2N4O2S/c1-21(10-6-8-24(22,23)9-10)13-5-7-18-15(20-13)19-12-4-2-3-11(16)14(12)17/h2-5,7,10H,6,8-9H2,1H3,(H,18,19,20). The van der Waals surface area contributed by atoms with Crippen LogP contribution in [0.5, 0.6) is 0 Å². The van der Waals surface area contributed by atoms with Crippen molar-refractivity contribution in [1.29, 1.82) is 0 Å². The molecule has 2 aromatic rings. The maximum Gasteiger partial charge on any atom is 0.229 e. The van der Waals surface area contributed by atoms with Gasteiger partial charge in [-0.25, -0.2) is 13.4 Å². The molecular weight excluding hydrogens is 371 g/mol. The summed E-state index contributed by atoms with van der Waals surface area (Å²) in [7, 11) is -1.11. The van der Waals surface area contributed by atoms with Crippen LogP contribution in [-0.2, 0) is 9.84 Å². The van der Waals surface area contributed by atoms with E-state index in [1.54, 1.807) is 30.5 Å². The van der Waals surface area contributed by atoms with Crippen LogP contribution in [0.25, 0.3) is 0 Å². The molecule has 0 amide bonds. The lowest BCUT2D eigenvalue weighted by atomic mass is 10.2. The monoisotopic (exact) mass is 386 g/mol. The Balaban J connectivity index is 1.80. The molecule has 24 heavy (non-hydrogen) atoms. The third-order valence-electron chi connectivity index (χ3n) is 3.96. The first-order valence-electron chi connectivity index (χ1n) is 7.33. The number of halogens is 2. The fraction of sp³-hybridized carbons (Fsp3) is 0.333. The summed E-state index contributed by atoms with van der Waals surface area (Å²) in [6.45, 7) is 0. The molecule has 2 heterocycles. The molecule has 3 rings (SSSR count). The van der Waals surface area contributed by atoms with Gasteiger partial charge in [-0.2, -0.15) is 4.98 Å². The molecule has 1 fully saturated rings. The lowest BCUT2D eigenvalue weighted by Crippen LogP contribution is -2.33. The normalized spacial score (nSPS) is 19.2. The van der Waals surface area contributed by atoms with E-state index in [4.69, 9.17) is 23.2 Å². The third kappa shape index (κ3) is 3.74. The van der Waals surface area contributed by atoms with Crippen LogP contribution < -0.4 is 10.2 Å². The molecule has 0 saturated carbocycles. The average molecular weight is 387 g/mol. The van der Waals surface area contributed by atoms with Gasteiger partial charge in [0.15, 0.2) is 9.84 Å². The second-order valence-corrected chi connectivity index (χ2v) is 8.65. The third-order valence-corrected chi connectivity index (χ3v) is 6.53. The number of rotatable bonds is 4. The van der Waals surface area contributed by atoms with E-state index >= 15 is 0 Å². The van der Waals surface area contributed by atoms with Crippen molar-refractivity contribution < 1.29 is 8.42 Å². The van der Waals surface area contributed by atoms with Crippen molar-refractivity contribution in [3.63, 3.8) is 0 Å². The van der Waals surface area contributed by atoms with Gasteiger partial charge >= 0.3 is 0 Å². The van der Waals surface area contributed by atoms with E-state index in [-0.39, 0.29) is 17.5 Å². The highest BCUT2D eigenvalue weighted by atomic mass is 35.5. The Morgan fingerprint density at radius 1 is 1.29 bits per heavy atom. The Morgan fingerprint density at radius 2 is 2.08 bits per heavy atom. The van der Waals surface area contributed by atoms with Crippen LogP contribution in [0, 0.1) is 0 Å². The van der Waals surface area contributed by atoms with E-state index in [0.717, 1.165) is 0 Å². The van der Waals surface area contributed by atoms with Crippen LogP contribution in [-0.4, -0.2) is 43.0 Å². The summed E-state index contributed by atoms with van der Waals surface area (Å²) in [4.78, 5) is 10.5. The van der Waals surface area contributed by atoms with E-state index in [9.17, 15) is 8.42 Å². The summed E-state index contributed by atoms with van der Waals surface area (Å²) >= 11 is 12.2. The van der Waals surface area contributed by atoms with E-state index in [1.165, 1.54) is 0 Å². The molecular formula is C15H16Cl2N4O2S. The minimum Gasteiger partial charge on any atom is -0.355 e. The number of hydrogen-bond acceptors (Lipinski definition) is 6. The second kappa shape index (κ2) is 6.74. The zero-order valence-electron chi connectivity index (χ0n) is 12.9. The van der Waals surface area contributed by atoms with Crippen LogP contribution >= 0.6 is 23.2 Å². The molecule has 0 aliphatic carbocycles. The van der Waals surface area contributed by atoms with Gasteiger partial charge in [0.05, 0.1) is 27.2 Å². The van der Waals surface area contributed by atoms with E-state index < -0.39 is 9.84 Å². The van der Waals surface area contributed by atoms with Gasteiger partial charge in [0.25, 0.3) is 0 Å². The topological polar surface area (TPSA) is 75.2 Å². The number of hydrogen-bond donors (Lipinski definition) is 1. The molecule has 1 atom stereocenters. The Hall–Kier alpha value is -1.57. The van der Waals surface area contributed by atoms with Crippen molar-refractivity contribution in [3.05, 3.63) is 40.5 Å². The number of sulfone groups is 1. The smallest absolute Gasteiger partial charge is 0.229 e. The van der Waals surface area contributed by atoms with Crippen molar-refractivity contribution in [1.82, 2.24) is 9.97 Å². The van der Waals surface area contributed by atoms with Gasteiger partial charge < -0.3 is 10.2 Å². The van der Waals surface area contributed by atoms with Crippen LogP contribution in [0.1, 0.15) is 6.42 Å². The lowest BCUT2D eigenvalue weighted by molar-refractivity contribution is 0.600. The SMILES string of the molecule is CN(c1ccnc(Nc2cccc(Cl)c2Cl)n1)C1CCS(=O)(=O)C1. The number of aromatic nitrogens is 2. The van der Waals surface area contributed by atoms with Crippen LogP contribution in [0.2, 0.25) is 10.0 Å². The van der Waals surface area contributed by atoms with Crippen LogP contribution in [0.15, 0.2) is 30.5 Å². The molecule has 1 unspecified atom stereocenters. The van der Waals surface area contributed by atoms with E-state index in [0.29, 0.717) is 33.9 Å². The summed E-state index contributed by atoms with van der Waals surface area (Å²) in [5.74, 6) is 1.38. The minimum absolute atomic E-state index is 0.0764. The fourth-order valence-electron chi connectivity index (χ4n) is 2.59. The van der Waals surface area contributed by atoms with Gasteiger partial charge in [0, 0.05) is 19.3 Å². The van der Waals surface area contributed by atoms with Crippen LogP contribution in [0.4, 0.5) is 17.5 Å². The highest BCUT2D eigenvalue weighted by Gasteiger charge is 2.31. The first kappa shape index (κ1) is 17.3. The molecule has 1 aliphatic heterocycles. The predicted molar refractivity (Wildman–Crippen MR) is 97.2 cm³/mol. The number of nitrogens with one attached hydrogen (secondary N) is 1. The second-order valence-electron chi connectivity index (χ2n) is 5.63. The Labute approximate surface area is 150 Å². The van der Waals surface area contributed by atoms with Crippen molar-refractivity contribution in [3.8, 4) is 0 Å². The number of nitrogens with zero attached hydrogens (tertiary/aromatic N) is 3. The lowest BCUT2D eigenvalue weighted by Gasteiger charge is -2.24. The van der Waals surface area contributed by atoms with E-state index in [2.05, 4.69) is 15.3 Å². The first-order valence-corrected chi connectivity index (χ1v) is 9.91. The molecule has 0 bridgehead atoms. The van der Waals surface area contributed by atoms with Crippen molar-refractivity contribution in [2.24, 2.45) is 0 Å². The molecule has 1 aromatic heterocycles. The van der Waals surface area contributed by atoms with Crippen molar-refractivity contribution in [2.45, 2.75) is 12.5 Å². The highest BCUT2D eigenvalue weighted by molar-refractivity contribution is 7.91. The van der Waals surface area contributed by atoms with Crippen LogP contribution in [0.3, 0.4) is 0 Å². The van der Waals surface area contributed by atoms with Gasteiger partial charge in [-0.1, -0.05) is 29.3 Å². The van der Waals surface area contributed by atoms with Crippen molar-refractivity contribution >= 4 is 50.5 Å². The quantitative estimate of drug-likeness (QED) is 0.869. The fourth-order valence-corrected chi connectivity index (χ4v) is 4.72. The molecule has 0 radical (unpaired) electrons. The first-order chi connectivity index (χ1) is 11.4. The predicted octanol–water partition coefficient (Wildman–Crippen LogP) is 3.15. The summed E-state index contributed by atoms with van der Waals surface area (Å²) in [5.41, 5.74) is 0.604. The number of benzene rings is 1. The molecule has 0 spiro atoms. The molecule has 1 N–H and O–H groups in total. The van der Waals surface area contributed by atoms with Crippen molar-refractivity contribution in [2.75, 3.05) is 28.8 Å². The summed E-state index contributed by atoms with van der Waals surface area (Å²) in [6.07, 6.45) is 2.22. The largest absolute Gasteiger partial charge is 0.355 e. The highest BCUT2D eigenvalue weighted by Crippen LogP contribution is 2.31. The zero-order chi connectivity index (χ0) is 17.3. The summed E-state index contributed by atoms with van der Waals surface area (Å²) < 4.78 is 23.3. The molecule has 1 aromatic carbocycles. The summed E-state index contributed by atoms with van der Waals surface area (Å²) in [5, 5.41) is 3.86. The maximum atomic E-state index is 11.7.